The molecule has 0 aromatic heterocycles. The molecule has 4 amide bonds. The number of hydrogen-bond acceptors (Lipinski definition) is 5. The van der Waals surface area contributed by atoms with E-state index in [4.69, 9.17) is 9.47 Å². The van der Waals surface area contributed by atoms with Gasteiger partial charge in [-0.05, 0) is 42.0 Å². The van der Waals surface area contributed by atoms with Crippen LogP contribution in [0, 0.1) is 11.7 Å². The number of benzene rings is 2. The number of carbonyl (C=O) groups is 3. The number of carbonyl (C=O) groups excluding carboxylic acids is 3. The molecule has 0 spiro atoms. The van der Waals surface area contributed by atoms with E-state index in [1.807, 2.05) is 0 Å². The van der Waals surface area contributed by atoms with Crippen LogP contribution in [-0.2, 0) is 16.2 Å². The van der Waals surface area contributed by atoms with Crippen LogP contribution < -0.4 is 20.1 Å². The summed E-state index contributed by atoms with van der Waals surface area (Å²) in [5.74, 6) is -1.68. The van der Waals surface area contributed by atoms with Crippen molar-refractivity contribution in [3.8, 4) is 11.5 Å². The molecule has 28 heavy (non-hydrogen) atoms. The van der Waals surface area contributed by atoms with Crippen molar-refractivity contribution in [2.24, 2.45) is 5.92 Å². The summed E-state index contributed by atoms with van der Waals surface area (Å²) in [7, 11) is 0. The number of urea groups is 1. The van der Waals surface area contributed by atoms with Gasteiger partial charge >= 0.3 is 6.03 Å². The second kappa shape index (κ2) is 7.67. The number of amides is 4. The molecule has 1 aliphatic heterocycles. The Morgan fingerprint density at radius 3 is 1.96 bits per heavy atom. The molecule has 3 rings (SSSR count). The molecule has 146 valence electrons. The van der Waals surface area contributed by atoms with Crippen molar-refractivity contribution < 1.29 is 28.2 Å². The highest BCUT2D eigenvalue weighted by Crippen LogP contribution is 2.29. The fraction of sp³-hybridized carbons (Fsp3) is 0.250. The van der Waals surface area contributed by atoms with Gasteiger partial charge < -0.3 is 9.47 Å². The molecule has 1 heterocycles. The number of rotatable bonds is 6. The molecule has 1 saturated heterocycles. The van der Waals surface area contributed by atoms with Crippen LogP contribution in [0.4, 0.5) is 9.18 Å². The fourth-order valence-corrected chi connectivity index (χ4v) is 2.80. The van der Waals surface area contributed by atoms with Crippen LogP contribution in [0.1, 0.15) is 19.4 Å². The molecular weight excluding hydrogens is 367 g/mol. The predicted molar refractivity (Wildman–Crippen MR) is 97.1 cm³/mol. The number of hydrogen-bond donors (Lipinski definition) is 2. The Morgan fingerprint density at radius 2 is 1.43 bits per heavy atom. The van der Waals surface area contributed by atoms with E-state index in [1.165, 1.54) is 12.1 Å². The van der Waals surface area contributed by atoms with E-state index in [9.17, 15) is 18.8 Å². The average Bonchev–Trinajstić information content (AvgIpc) is 2.65. The van der Waals surface area contributed by atoms with Crippen LogP contribution in [0.3, 0.4) is 0 Å². The van der Waals surface area contributed by atoms with Gasteiger partial charge in [-0.15, -0.1) is 0 Å². The van der Waals surface area contributed by atoms with Crippen LogP contribution in [0.5, 0.6) is 11.5 Å². The van der Waals surface area contributed by atoms with Crippen molar-refractivity contribution in [2.75, 3.05) is 0 Å². The van der Waals surface area contributed by atoms with Gasteiger partial charge in [0.1, 0.15) is 23.9 Å². The monoisotopic (exact) mass is 386 g/mol. The minimum absolute atomic E-state index is 0.253. The van der Waals surface area contributed by atoms with Crippen molar-refractivity contribution in [3.63, 3.8) is 0 Å². The van der Waals surface area contributed by atoms with Gasteiger partial charge in [0, 0.05) is 5.92 Å². The second-order valence-corrected chi connectivity index (χ2v) is 6.62. The predicted octanol–water partition coefficient (Wildman–Crippen LogP) is 2.54. The highest BCUT2D eigenvalue weighted by atomic mass is 19.1. The second-order valence-electron chi connectivity index (χ2n) is 6.62. The normalized spacial score (nSPS) is 15.8. The molecule has 0 radical (unpaired) electrons. The number of halogens is 1. The number of nitrogens with one attached hydrogen (secondary N) is 2. The Kier molecular flexibility index (Phi) is 5.30. The Labute approximate surface area is 160 Å². The lowest BCUT2D eigenvalue weighted by Crippen LogP contribution is -2.71. The van der Waals surface area contributed by atoms with Gasteiger partial charge in [-0.25, -0.2) is 9.18 Å². The third-order valence-corrected chi connectivity index (χ3v) is 4.36. The molecule has 0 saturated carbocycles. The largest absolute Gasteiger partial charge is 0.489 e. The maximum absolute atomic E-state index is 12.9. The lowest BCUT2D eigenvalue weighted by atomic mass is 9.86. The van der Waals surface area contributed by atoms with Crippen LogP contribution in [0.15, 0.2) is 48.5 Å². The molecule has 8 heteroatoms. The summed E-state index contributed by atoms with van der Waals surface area (Å²) in [5.41, 5.74) is -1.05. The summed E-state index contributed by atoms with van der Waals surface area (Å²) in [6.07, 6.45) is 0. The summed E-state index contributed by atoms with van der Waals surface area (Å²) in [5, 5.41) is 4.14. The topological polar surface area (TPSA) is 93.7 Å². The van der Waals surface area contributed by atoms with E-state index in [1.54, 1.807) is 50.2 Å². The van der Waals surface area contributed by atoms with Crippen molar-refractivity contribution in [3.05, 3.63) is 59.9 Å². The molecule has 0 atom stereocenters. The average molecular weight is 386 g/mol. The highest BCUT2D eigenvalue weighted by molar-refractivity contribution is 6.22. The third kappa shape index (κ3) is 3.80. The Morgan fingerprint density at radius 1 is 0.893 bits per heavy atom. The zero-order valence-corrected chi connectivity index (χ0v) is 15.3. The number of imide groups is 2. The standard InChI is InChI=1S/C20H19FN2O5/c1-12(2)20(17(24)22-19(26)23-18(20)25)28-16-9-7-15(8-10-16)27-11-13-3-5-14(21)6-4-13/h3-10,12H,11H2,1-2H3,(H2,22,23,24,25,26). The lowest BCUT2D eigenvalue weighted by Gasteiger charge is -2.37. The molecule has 0 aliphatic carbocycles. The third-order valence-electron chi connectivity index (χ3n) is 4.36. The number of barbiturate groups is 1. The van der Waals surface area contributed by atoms with Crippen molar-refractivity contribution >= 4 is 17.8 Å². The SMILES string of the molecule is CC(C)C1(Oc2ccc(OCc3ccc(F)cc3)cc2)C(=O)NC(=O)NC1=O. The van der Waals surface area contributed by atoms with Gasteiger partial charge in [-0.3, -0.25) is 20.2 Å². The first-order valence-corrected chi connectivity index (χ1v) is 8.64. The maximum Gasteiger partial charge on any atom is 0.328 e. The van der Waals surface area contributed by atoms with Crippen molar-refractivity contribution in [1.29, 1.82) is 0 Å². The summed E-state index contributed by atoms with van der Waals surface area (Å²) in [6, 6.07) is 11.4. The lowest BCUT2D eigenvalue weighted by molar-refractivity contribution is -0.155. The van der Waals surface area contributed by atoms with Crippen LogP contribution in [0.2, 0.25) is 0 Å². The van der Waals surface area contributed by atoms with E-state index >= 15 is 0 Å². The quantitative estimate of drug-likeness (QED) is 0.744. The van der Waals surface area contributed by atoms with Gasteiger partial charge in [0.2, 0.25) is 0 Å². The van der Waals surface area contributed by atoms with E-state index in [0.717, 1.165) is 5.56 Å². The molecule has 1 aliphatic rings. The maximum atomic E-state index is 12.9. The minimum Gasteiger partial charge on any atom is -0.489 e. The molecule has 2 aromatic carbocycles. The first-order chi connectivity index (χ1) is 13.3. The first-order valence-electron chi connectivity index (χ1n) is 8.64. The zero-order valence-electron chi connectivity index (χ0n) is 15.3. The van der Waals surface area contributed by atoms with Gasteiger partial charge in [-0.1, -0.05) is 26.0 Å². The zero-order chi connectivity index (χ0) is 20.3. The summed E-state index contributed by atoms with van der Waals surface area (Å²) >= 11 is 0. The molecule has 7 nitrogen and oxygen atoms in total. The van der Waals surface area contributed by atoms with E-state index in [2.05, 4.69) is 10.6 Å². The van der Waals surface area contributed by atoms with Crippen molar-refractivity contribution in [2.45, 2.75) is 26.1 Å². The molecule has 2 N–H and O–H groups in total. The highest BCUT2D eigenvalue weighted by Gasteiger charge is 2.55. The van der Waals surface area contributed by atoms with E-state index in [-0.39, 0.29) is 18.2 Å². The smallest absolute Gasteiger partial charge is 0.328 e. The van der Waals surface area contributed by atoms with E-state index in [0.29, 0.717) is 5.75 Å². The summed E-state index contributed by atoms with van der Waals surface area (Å²) in [6.45, 7) is 3.55. The summed E-state index contributed by atoms with van der Waals surface area (Å²) in [4.78, 5) is 36.1. The molecule has 0 unspecified atom stereocenters. The molecule has 2 aromatic rings. The minimum atomic E-state index is -1.86. The Bertz CT molecular complexity index is 874. The van der Waals surface area contributed by atoms with E-state index < -0.39 is 29.4 Å². The van der Waals surface area contributed by atoms with Crippen LogP contribution in [-0.4, -0.2) is 23.4 Å². The van der Waals surface area contributed by atoms with Crippen LogP contribution in [0.25, 0.3) is 0 Å². The van der Waals surface area contributed by atoms with Crippen molar-refractivity contribution in [1.82, 2.24) is 10.6 Å². The van der Waals surface area contributed by atoms with Gasteiger partial charge in [0.05, 0.1) is 0 Å². The van der Waals surface area contributed by atoms with Gasteiger partial charge in [-0.2, -0.15) is 0 Å². The van der Waals surface area contributed by atoms with Crippen LogP contribution >= 0.6 is 0 Å². The first kappa shape index (κ1) is 19.3. The fourth-order valence-electron chi connectivity index (χ4n) is 2.80. The molecular formula is C20H19FN2O5. The van der Waals surface area contributed by atoms with Gasteiger partial charge in [0.25, 0.3) is 17.4 Å². The Hall–Kier alpha value is -3.42. The Balaban J connectivity index is 1.71. The van der Waals surface area contributed by atoms with Gasteiger partial charge in [0.15, 0.2) is 0 Å². The summed E-state index contributed by atoms with van der Waals surface area (Å²) < 4.78 is 24.3. The molecule has 0 bridgehead atoms. The number of ether oxygens (including phenoxy) is 2. The molecule has 1 fully saturated rings.